The molecule has 6 heteroatoms. The van der Waals surface area contributed by atoms with Gasteiger partial charge in [0.2, 0.25) is 0 Å². The van der Waals surface area contributed by atoms with Crippen molar-refractivity contribution in [3.05, 3.63) is 58.7 Å². The standard InChI is InChI=1S/C19H20FN3O2/c1-12(11-24)22-19(25)16(10-21)9-15-8-13(2)23(14(15)3)18-6-4-17(20)5-7-18/h4-9,12,24H,11H2,1-3H3,(H,22,25)/b16-9+. The first-order valence-corrected chi connectivity index (χ1v) is 7.85. The number of halogens is 1. The van der Waals surface area contributed by atoms with Gasteiger partial charge in [-0.15, -0.1) is 0 Å². The van der Waals surface area contributed by atoms with E-state index in [1.165, 1.54) is 18.2 Å². The molecule has 0 spiro atoms. The van der Waals surface area contributed by atoms with Gasteiger partial charge in [0.25, 0.3) is 5.91 Å². The van der Waals surface area contributed by atoms with E-state index in [9.17, 15) is 14.4 Å². The van der Waals surface area contributed by atoms with Crippen LogP contribution in [0, 0.1) is 31.0 Å². The molecule has 5 nitrogen and oxygen atoms in total. The maximum absolute atomic E-state index is 13.1. The van der Waals surface area contributed by atoms with Crippen LogP contribution in [0.5, 0.6) is 0 Å². The number of nitriles is 1. The van der Waals surface area contributed by atoms with Crippen molar-refractivity contribution in [2.24, 2.45) is 0 Å². The molecule has 0 aliphatic heterocycles. The van der Waals surface area contributed by atoms with E-state index in [2.05, 4.69) is 5.32 Å². The van der Waals surface area contributed by atoms with Gasteiger partial charge in [0.15, 0.2) is 0 Å². The highest BCUT2D eigenvalue weighted by Gasteiger charge is 2.15. The lowest BCUT2D eigenvalue weighted by molar-refractivity contribution is -0.117. The van der Waals surface area contributed by atoms with Gasteiger partial charge in [0.05, 0.1) is 6.61 Å². The molecule has 0 bridgehead atoms. The summed E-state index contributed by atoms with van der Waals surface area (Å²) in [5.74, 6) is -0.844. The number of carbonyl (C=O) groups is 1. The van der Waals surface area contributed by atoms with Gasteiger partial charge in [0, 0.05) is 23.1 Å². The van der Waals surface area contributed by atoms with E-state index in [1.54, 1.807) is 19.1 Å². The Balaban J connectivity index is 2.40. The zero-order valence-corrected chi connectivity index (χ0v) is 14.4. The summed E-state index contributed by atoms with van der Waals surface area (Å²) in [6.07, 6.45) is 1.52. The van der Waals surface area contributed by atoms with Gasteiger partial charge in [-0.25, -0.2) is 4.39 Å². The summed E-state index contributed by atoms with van der Waals surface area (Å²) in [7, 11) is 0. The number of carbonyl (C=O) groups excluding carboxylic acids is 1. The molecule has 1 aromatic heterocycles. The zero-order valence-electron chi connectivity index (χ0n) is 14.4. The lowest BCUT2D eigenvalue weighted by Gasteiger charge is -2.10. The van der Waals surface area contributed by atoms with Crippen molar-refractivity contribution < 1.29 is 14.3 Å². The summed E-state index contributed by atoms with van der Waals surface area (Å²) in [6, 6.07) is 9.42. The van der Waals surface area contributed by atoms with E-state index in [0.717, 1.165) is 22.6 Å². The number of nitrogens with one attached hydrogen (secondary N) is 1. The number of nitrogens with zero attached hydrogens (tertiary/aromatic N) is 2. The van der Waals surface area contributed by atoms with Gasteiger partial charge in [-0.05, 0) is 62.7 Å². The van der Waals surface area contributed by atoms with Crippen LogP contribution in [-0.2, 0) is 4.79 Å². The van der Waals surface area contributed by atoms with E-state index in [-0.39, 0.29) is 18.0 Å². The average Bonchev–Trinajstić information content (AvgIpc) is 2.87. The van der Waals surface area contributed by atoms with Gasteiger partial charge in [-0.2, -0.15) is 5.26 Å². The molecule has 0 saturated carbocycles. The molecule has 2 rings (SSSR count). The average molecular weight is 341 g/mol. The number of aromatic nitrogens is 1. The molecule has 25 heavy (non-hydrogen) atoms. The van der Waals surface area contributed by atoms with Crippen molar-refractivity contribution in [3.63, 3.8) is 0 Å². The van der Waals surface area contributed by atoms with Crippen LogP contribution in [0.3, 0.4) is 0 Å². The maximum atomic E-state index is 13.1. The predicted octanol–water partition coefficient (Wildman–Crippen LogP) is 2.64. The Morgan fingerprint density at radius 2 is 2.04 bits per heavy atom. The third kappa shape index (κ3) is 4.14. The van der Waals surface area contributed by atoms with Crippen LogP contribution >= 0.6 is 0 Å². The predicted molar refractivity (Wildman–Crippen MR) is 93.5 cm³/mol. The van der Waals surface area contributed by atoms with Crippen molar-refractivity contribution in [1.82, 2.24) is 9.88 Å². The number of hydrogen-bond donors (Lipinski definition) is 2. The first-order valence-electron chi connectivity index (χ1n) is 7.85. The Morgan fingerprint density at radius 1 is 1.40 bits per heavy atom. The summed E-state index contributed by atoms with van der Waals surface area (Å²) in [4.78, 5) is 12.1. The largest absolute Gasteiger partial charge is 0.394 e. The summed E-state index contributed by atoms with van der Waals surface area (Å²) >= 11 is 0. The lowest BCUT2D eigenvalue weighted by Crippen LogP contribution is -2.35. The minimum atomic E-state index is -0.532. The monoisotopic (exact) mass is 341 g/mol. The van der Waals surface area contributed by atoms with Crippen LogP contribution < -0.4 is 5.32 Å². The molecule has 130 valence electrons. The molecule has 0 fully saturated rings. The Hall–Kier alpha value is -2.91. The highest BCUT2D eigenvalue weighted by molar-refractivity contribution is 6.02. The van der Waals surface area contributed by atoms with Crippen LogP contribution in [-0.4, -0.2) is 28.2 Å². The van der Waals surface area contributed by atoms with Crippen LogP contribution in [0.15, 0.2) is 35.9 Å². The van der Waals surface area contributed by atoms with Crippen molar-refractivity contribution in [3.8, 4) is 11.8 Å². The quantitative estimate of drug-likeness (QED) is 0.648. The summed E-state index contributed by atoms with van der Waals surface area (Å²) in [5.41, 5.74) is 3.22. The highest BCUT2D eigenvalue weighted by Crippen LogP contribution is 2.23. The molecule has 1 unspecified atom stereocenters. The second-order valence-corrected chi connectivity index (χ2v) is 5.87. The Bertz CT molecular complexity index is 845. The second-order valence-electron chi connectivity index (χ2n) is 5.87. The van der Waals surface area contributed by atoms with Gasteiger partial charge >= 0.3 is 0 Å². The lowest BCUT2D eigenvalue weighted by atomic mass is 10.1. The Labute approximate surface area is 146 Å². The summed E-state index contributed by atoms with van der Waals surface area (Å²) in [6.45, 7) is 5.20. The Morgan fingerprint density at radius 3 is 2.60 bits per heavy atom. The van der Waals surface area contributed by atoms with Gasteiger partial charge in [-0.3, -0.25) is 4.79 Å². The minimum absolute atomic E-state index is 0.0420. The molecular weight excluding hydrogens is 321 g/mol. The molecule has 0 radical (unpaired) electrons. The Kier molecular flexibility index (Phi) is 5.73. The van der Waals surface area contributed by atoms with Gasteiger partial charge in [0.1, 0.15) is 17.5 Å². The second kappa shape index (κ2) is 7.77. The molecule has 2 aromatic rings. The number of rotatable bonds is 5. The van der Waals surface area contributed by atoms with Crippen molar-refractivity contribution in [2.45, 2.75) is 26.8 Å². The van der Waals surface area contributed by atoms with E-state index < -0.39 is 11.9 Å². The molecule has 0 aliphatic carbocycles. The molecule has 1 atom stereocenters. The molecule has 2 N–H and O–H groups in total. The summed E-state index contributed by atoms with van der Waals surface area (Å²) in [5, 5.41) is 20.8. The van der Waals surface area contributed by atoms with Crippen LogP contribution in [0.1, 0.15) is 23.9 Å². The van der Waals surface area contributed by atoms with E-state index in [4.69, 9.17) is 5.11 Å². The number of hydrogen-bond acceptors (Lipinski definition) is 3. The zero-order chi connectivity index (χ0) is 18.6. The van der Waals surface area contributed by atoms with Crippen LogP contribution in [0.4, 0.5) is 4.39 Å². The fraction of sp³-hybridized carbons (Fsp3) is 0.263. The smallest absolute Gasteiger partial charge is 0.262 e. The number of aliphatic hydroxyl groups excluding tert-OH is 1. The maximum Gasteiger partial charge on any atom is 0.262 e. The SMILES string of the molecule is Cc1cc(/C=C(\C#N)C(=O)NC(C)CO)c(C)n1-c1ccc(F)cc1. The molecule has 1 amide bonds. The first kappa shape index (κ1) is 18.4. The number of amides is 1. The van der Waals surface area contributed by atoms with E-state index in [0.29, 0.717) is 0 Å². The molecule has 1 heterocycles. The third-order valence-electron chi connectivity index (χ3n) is 3.87. The van der Waals surface area contributed by atoms with Crippen LogP contribution in [0.2, 0.25) is 0 Å². The van der Waals surface area contributed by atoms with Crippen molar-refractivity contribution in [2.75, 3.05) is 6.61 Å². The normalized spacial score (nSPS) is 12.6. The highest BCUT2D eigenvalue weighted by atomic mass is 19.1. The van der Waals surface area contributed by atoms with Gasteiger partial charge < -0.3 is 15.0 Å². The molecule has 0 aliphatic rings. The van der Waals surface area contributed by atoms with Gasteiger partial charge in [-0.1, -0.05) is 0 Å². The number of aliphatic hydroxyl groups is 1. The summed E-state index contributed by atoms with van der Waals surface area (Å²) < 4.78 is 15.1. The molecule has 0 saturated heterocycles. The fourth-order valence-corrected chi connectivity index (χ4v) is 2.57. The minimum Gasteiger partial charge on any atom is -0.394 e. The third-order valence-corrected chi connectivity index (χ3v) is 3.87. The topological polar surface area (TPSA) is 78.1 Å². The van der Waals surface area contributed by atoms with Crippen LogP contribution in [0.25, 0.3) is 11.8 Å². The fourth-order valence-electron chi connectivity index (χ4n) is 2.57. The molecule has 1 aromatic carbocycles. The van der Waals surface area contributed by atoms with Crippen molar-refractivity contribution >= 4 is 12.0 Å². The van der Waals surface area contributed by atoms with E-state index >= 15 is 0 Å². The first-order chi connectivity index (χ1) is 11.9. The molecular formula is C19H20FN3O2. The number of aryl methyl sites for hydroxylation is 1. The number of benzene rings is 1. The van der Waals surface area contributed by atoms with Crippen molar-refractivity contribution in [1.29, 1.82) is 5.26 Å². The van der Waals surface area contributed by atoms with E-state index in [1.807, 2.05) is 30.6 Å².